The van der Waals surface area contributed by atoms with Crippen molar-refractivity contribution in [1.82, 2.24) is 20.2 Å². The van der Waals surface area contributed by atoms with Gasteiger partial charge < -0.3 is 19.9 Å². The highest BCUT2D eigenvalue weighted by atomic mass is 16.5. The van der Waals surface area contributed by atoms with Gasteiger partial charge in [0, 0.05) is 50.5 Å². The van der Waals surface area contributed by atoms with Crippen molar-refractivity contribution in [3.8, 4) is 0 Å². The first kappa shape index (κ1) is 22.9. The standard InChI is InChI=1S/C23H39N5O2/c1-18(2)19-15-20(26-22(25-19)28-11-7-5-6-8-12-28)21(29)24-16-23(17-27(3)4)9-13-30-14-10-23/h15,18H,5-14,16-17H2,1-4H3,(H,24,29). The van der Waals surface area contributed by atoms with Crippen LogP contribution in [0.1, 0.15) is 74.5 Å². The Labute approximate surface area is 181 Å². The number of nitrogens with zero attached hydrogens (tertiary/aromatic N) is 4. The molecule has 0 radical (unpaired) electrons. The van der Waals surface area contributed by atoms with E-state index < -0.39 is 0 Å². The monoisotopic (exact) mass is 417 g/mol. The Morgan fingerprint density at radius 3 is 2.43 bits per heavy atom. The van der Waals surface area contributed by atoms with Crippen molar-refractivity contribution in [3.05, 3.63) is 17.5 Å². The van der Waals surface area contributed by atoms with Crippen molar-refractivity contribution in [2.45, 2.75) is 58.3 Å². The summed E-state index contributed by atoms with van der Waals surface area (Å²) in [6.07, 6.45) is 6.76. The Kier molecular flexibility index (Phi) is 8.06. The molecule has 168 valence electrons. The lowest BCUT2D eigenvalue weighted by Crippen LogP contribution is -2.47. The van der Waals surface area contributed by atoms with Gasteiger partial charge in [0.25, 0.3) is 5.91 Å². The van der Waals surface area contributed by atoms with Gasteiger partial charge in [0.1, 0.15) is 5.69 Å². The van der Waals surface area contributed by atoms with E-state index in [1.54, 1.807) is 0 Å². The molecule has 1 aromatic rings. The van der Waals surface area contributed by atoms with Crippen LogP contribution >= 0.6 is 0 Å². The average Bonchev–Trinajstić information content (AvgIpc) is 3.01. The van der Waals surface area contributed by atoms with E-state index in [2.05, 4.69) is 43.1 Å². The maximum Gasteiger partial charge on any atom is 0.270 e. The summed E-state index contributed by atoms with van der Waals surface area (Å²) in [4.78, 5) is 27.1. The Bertz CT molecular complexity index is 693. The van der Waals surface area contributed by atoms with Crippen LogP contribution in [0.2, 0.25) is 0 Å². The lowest BCUT2D eigenvalue weighted by atomic mass is 9.79. The van der Waals surface area contributed by atoms with Crippen LogP contribution in [0.3, 0.4) is 0 Å². The Morgan fingerprint density at radius 2 is 1.83 bits per heavy atom. The molecule has 0 spiro atoms. The van der Waals surface area contributed by atoms with E-state index in [0.29, 0.717) is 18.2 Å². The predicted octanol–water partition coefficient (Wildman–Crippen LogP) is 3.07. The van der Waals surface area contributed by atoms with Gasteiger partial charge in [-0.2, -0.15) is 0 Å². The van der Waals surface area contributed by atoms with Crippen LogP contribution in [0.4, 0.5) is 5.95 Å². The van der Waals surface area contributed by atoms with Crippen molar-refractivity contribution in [2.75, 3.05) is 58.4 Å². The third-order valence-electron chi connectivity index (χ3n) is 6.28. The van der Waals surface area contributed by atoms with E-state index in [9.17, 15) is 4.79 Å². The van der Waals surface area contributed by atoms with Gasteiger partial charge in [-0.1, -0.05) is 26.7 Å². The molecule has 1 aromatic heterocycles. The quantitative estimate of drug-likeness (QED) is 0.735. The second kappa shape index (κ2) is 10.5. The molecule has 3 rings (SSSR count). The molecule has 0 unspecified atom stereocenters. The molecule has 30 heavy (non-hydrogen) atoms. The van der Waals surface area contributed by atoms with Crippen LogP contribution in [0, 0.1) is 5.41 Å². The summed E-state index contributed by atoms with van der Waals surface area (Å²) in [5, 5.41) is 3.19. The highest BCUT2D eigenvalue weighted by Crippen LogP contribution is 2.30. The highest BCUT2D eigenvalue weighted by Gasteiger charge is 2.34. The molecule has 0 saturated carbocycles. The molecular weight excluding hydrogens is 378 g/mol. The van der Waals surface area contributed by atoms with E-state index in [4.69, 9.17) is 14.7 Å². The van der Waals surface area contributed by atoms with E-state index in [1.165, 1.54) is 12.8 Å². The van der Waals surface area contributed by atoms with E-state index in [1.807, 2.05) is 6.07 Å². The molecule has 7 heteroatoms. The van der Waals surface area contributed by atoms with E-state index >= 15 is 0 Å². The van der Waals surface area contributed by atoms with E-state index in [-0.39, 0.29) is 17.2 Å². The fourth-order valence-electron chi connectivity index (χ4n) is 4.50. The minimum atomic E-state index is -0.0972. The van der Waals surface area contributed by atoms with Crippen LogP contribution in [-0.4, -0.2) is 74.3 Å². The number of carbonyl (C=O) groups is 1. The number of amides is 1. The maximum atomic E-state index is 13.1. The summed E-state index contributed by atoms with van der Waals surface area (Å²) >= 11 is 0. The smallest absolute Gasteiger partial charge is 0.270 e. The van der Waals surface area contributed by atoms with Crippen LogP contribution in [-0.2, 0) is 4.74 Å². The van der Waals surface area contributed by atoms with Gasteiger partial charge >= 0.3 is 0 Å². The minimum Gasteiger partial charge on any atom is -0.381 e. The summed E-state index contributed by atoms with van der Waals surface area (Å²) in [5.41, 5.74) is 1.47. The molecule has 0 aliphatic carbocycles. The van der Waals surface area contributed by atoms with Gasteiger partial charge in [0.05, 0.1) is 0 Å². The number of nitrogens with one attached hydrogen (secondary N) is 1. The molecular formula is C23H39N5O2. The SMILES string of the molecule is CC(C)c1cc(C(=O)NCC2(CN(C)C)CCOCC2)nc(N2CCCCCC2)n1. The lowest BCUT2D eigenvalue weighted by Gasteiger charge is -2.39. The molecule has 0 aromatic carbocycles. The zero-order valence-electron chi connectivity index (χ0n) is 19.2. The number of carbonyl (C=O) groups excluding carboxylic acids is 1. The van der Waals surface area contributed by atoms with Gasteiger partial charge in [-0.3, -0.25) is 4.79 Å². The summed E-state index contributed by atoms with van der Waals surface area (Å²) in [6, 6.07) is 1.87. The number of ether oxygens (including phenoxy) is 1. The first-order valence-electron chi connectivity index (χ1n) is 11.5. The van der Waals surface area contributed by atoms with Crippen LogP contribution in [0.25, 0.3) is 0 Å². The van der Waals surface area contributed by atoms with Gasteiger partial charge in [-0.05, 0) is 51.8 Å². The fraction of sp³-hybridized carbons (Fsp3) is 0.783. The molecule has 0 bridgehead atoms. The Balaban J connectivity index is 1.76. The van der Waals surface area contributed by atoms with Gasteiger partial charge in [0.2, 0.25) is 5.95 Å². The maximum absolute atomic E-state index is 13.1. The van der Waals surface area contributed by atoms with Crippen LogP contribution < -0.4 is 10.2 Å². The molecule has 7 nitrogen and oxygen atoms in total. The van der Waals surface area contributed by atoms with E-state index in [0.717, 1.165) is 64.2 Å². The molecule has 3 heterocycles. The minimum absolute atomic E-state index is 0.0545. The van der Waals surface area contributed by atoms with Crippen molar-refractivity contribution < 1.29 is 9.53 Å². The molecule has 1 amide bonds. The van der Waals surface area contributed by atoms with Crippen molar-refractivity contribution in [2.24, 2.45) is 5.41 Å². The number of hydrogen-bond donors (Lipinski definition) is 1. The third kappa shape index (κ3) is 6.14. The molecule has 1 N–H and O–H groups in total. The largest absolute Gasteiger partial charge is 0.381 e. The van der Waals surface area contributed by atoms with Crippen LogP contribution in [0.5, 0.6) is 0 Å². The zero-order valence-corrected chi connectivity index (χ0v) is 19.2. The molecule has 2 aliphatic heterocycles. The van der Waals surface area contributed by atoms with Crippen molar-refractivity contribution in [3.63, 3.8) is 0 Å². The number of anilines is 1. The van der Waals surface area contributed by atoms with Crippen LogP contribution in [0.15, 0.2) is 6.07 Å². The summed E-state index contributed by atoms with van der Waals surface area (Å²) in [7, 11) is 4.18. The lowest BCUT2D eigenvalue weighted by molar-refractivity contribution is 0.00283. The molecule has 2 aliphatic rings. The number of aromatic nitrogens is 2. The second-order valence-corrected chi connectivity index (χ2v) is 9.57. The fourth-order valence-corrected chi connectivity index (χ4v) is 4.50. The third-order valence-corrected chi connectivity index (χ3v) is 6.28. The normalized spacial score (nSPS) is 19.7. The molecule has 0 atom stereocenters. The van der Waals surface area contributed by atoms with Crippen molar-refractivity contribution in [1.29, 1.82) is 0 Å². The first-order valence-corrected chi connectivity index (χ1v) is 11.5. The highest BCUT2D eigenvalue weighted by molar-refractivity contribution is 5.92. The second-order valence-electron chi connectivity index (χ2n) is 9.57. The molecule has 2 saturated heterocycles. The number of rotatable bonds is 7. The van der Waals surface area contributed by atoms with Gasteiger partial charge in [-0.15, -0.1) is 0 Å². The molecule has 2 fully saturated rings. The zero-order chi connectivity index (χ0) is 21.6. The van der Waals surface area contributed by atoms with Gasteiger partial charge in [-0.25, -0.2) is 9.97 Å². The first-order chi connectivity index (χ1) is 14.4. The number of hydrogen-bond acceptors (Lipinski definition) is 6. The summed E-state index contributed by atoms with van der Waals surface area (Å²) in [5.74, 6) is 0.864. The van der Waals surface area contributed by atoms with Crippen molar-refractivity contribution >= 4 is 11.9 Å². The average molecular weight is 418 g/mol. The topological polar surface area (TPSA) is 70.6 Å². The Morgan fingerprint density at radius 1 is 1.17 bits per heavy atom. The summed E-state index contributed by atoms with van der Waals surface area (Å²) < 4.78 is 5.58. The van der Waals surface area contributed by atoms with Gasteiger partial charge in [0.15, 0.2) is 0 Å². The predicted molar refractivity (Wildman–Crippen MR) is 120 cm³/mol. The summed E-state index contributed by atoms with van der Waals surface area (Å²) in [6.45, 7) is 9.27. The Hall–Kier alpha value is -1.73.